The molecule has 0 aromatic carbocycles. The zero-order valence-corrected chi connectivity index (χ0v) is 11.6. The number of carbonyl (C=O) groups is 2. The smallest absolute Gasteiger partial charge is 0.326 e. The Morgan fingerprint density at radius 1 is 1.47 bits per heavy atom. The average molecular weight is 267 g/mol. The number of carboxylic acid groups (broad SMARTS) is 1. The van der Waals surface area contributed by atoms with E-state index in [9.17, 15) is 9.59 Å². The highest BCUT2D eigenvalue weighted by Crippen LogP contribution is 2.06. The molecule has 2 N–H and O–H groups in total. The molecule has 19 heavy (non-hydrogen) atoms. The molecule has 0 fully saturated rings. The molecule has 6 nitrogen and oxygen atoms in total. The van der Waals surface area contributed by atoms with Gasteiger partial charge in [-0.15, -0.1) is 0 Å². The van der Waals surface area contributed by atoms with E-state index >= 15 is 0 Å². The maximum absolute atomic E-state index is 11.9. The third kappa shape index (κ3) is 4.39. The number of rotatable bonds is 7. The Hall–Kier alpha value is -1.85. The highest BCUT2D eigenvalue weighted by atomic mass is 16.4. The second-order valence-electron chi connectivity index (χ2n) is 4.78. The van der Waals surface area contributed by atoms with Gasteiger partial charge in [0.15, 0.2) is 0 Å². The second kappa shape index (κ2) is 6.92. The first kappa shape index (κ1) is 15.2. The lowest BCUT2D eigenvalue weighted by Crippen LogP contribution is -2.40. The van der Waals surface area contributed by atoms with Crippen LogP contribution >= 0.6 is 0 Å². The van der Waals surface area contributed by atoms with Crippen LogP contribution in [0.3, 0.4) is 0 Å². The number of aromatic nitrogens is 2. The Labute approximate surface area is 112 Å². The van der Waals surface area contributed by atoms with Crippen LogP contribution < -0.4 is 5.32 Å². The first-order valence-electron chi connectivity index (χ1n) is 6.54. The summed E-state index contributed by atoms with van der Waals surface area (Å²) in [7, 11) is 0. The summed E-state index contributed by atoms with van der Waals surface area (Å²) in [5.41, 5.74) is 0.247. The van der Waals surface area contributed by atoms with Gasteiger partial charge in [-0.3, -0.25) is 9.48 Å². The molecule has 106 valence electrons. The van der Waals surface area contributed by atoms with Crippen molar-refractivity contribution >= 4 is 11.9 Å². The summed E-state index contributed by atoms with van der Waals surface area (Å²) in [6.45, 7) is 5.89. The van der Waals surface area contributed by atoms with Gasteiger partial charge in [0.2, 0.25) is 0 Å². The Morgan fingerprint density at radius 2 is 2.16 bits per heavy atom. The zero-order chi connectivity index (χ0) is 14.4. The van der Waals surface area contributed by atoms with Gasteiger partial charge < -0.3 is 10.4 Å². The molecule has 0 unspecified atom stereocenters. The first-order valence-corrected chi connectivity index (χ1v) is 6.54. The van der Waals surface area contributed by atoms with Crippen molar-refractivity contribution in [3.63, 3.8) is 0 Å². The Bertz CT molecular complexity index is 440. The van der Waals surface area contributed by atoms with Gasteiger partial charge in [-0.1, -0.05) is 19.8 Å². The van der Waals surface area contributed by atoms with E-state index in [0.29, 0.717) is 6.42 Å². The van der Waals surface area contributed by atoms with Gasteiger partial charge in [0.1, 0.15) is 11.7 Å². The lowest BCUT2D eigenvalue weighted by Gasteiger charge is -2.13. The lowest BCUT2D eigenvalue weighted by molar-refractivity contribution is -0.139. The van der Waals surface area contributed by atoms with Gasteiger partial charge in [-0.05, 0) is 26.3 Å². The normalized spacial score (nSPS) is 12.4. The molecule has 0 aliphatic rings. The molecule has 1 aromatic heterocycles. The molecule has 0 aliphatic heterocycles. The van der Waals surface area contributed by atoms with Crippen LogP contribution in [0.25, 0.3) is 0 Å². The summed E-state index contributed by atoms with van der Waals surface area (Å²) >= 11 is 0. The Balaban J connectivity index is 2.67. The number of hydrogen-bond acceptors (Lipinski definition) is 3. The summed E-state index contributed by atoms with van der Waals surface area (Å²) in [6.07, 6.45) is 3.79. The van der Waals surface area contributed by atoms with Crippen LogP contribution in [0.1, 0.15) is 56.6 Å². The summed E-state index contributed by atoms with van der Waals surface area (Å²) in [5.74, 6) is -1.45. The third-order valence-corrected chi connectivity index (χ3v) is 2.82. The molecule has 1 atom stereocenters. The number of nitrogens with zero attached hydrogens (tertiary/aromatic N) is 2. The van der Waals surface area contributed by atoms with E-state index in [2.05, 4.69) is 10.4 Å². The van der Waals surface area contributed by atoms with Crippen LogP contribution in [-0.2, 0) is 4.79 Å². The minimum atomic E-state index is -1.01. The molecular weight excluding hydrogens is 246 g/mol. The first-order chi connectivity index (χ1) is 8.95. The number of carbonyl (C=O) groups excluding carboxylic acids is 1. The van der Waals surface area contributed by atoms with Crippen molar-refractivity contribution in [1.29, 1.82) is 0 Å². The lowest BCUT2D eigenvalue weighted by atomic mass is 10.1. The summed E-state index contributed by atoms with van der Waals surface area (Å²) < 4.78 is 1.66. The van der Waals surface area contributed by atoms with Gasteiger partial charge in [0.05, 0.1) is 0 Å². The minimum absolute atomic E-state index is 0.164. The highest BCUT2D eigenvalue weighted by Gasteiger charge is 2.21. The van der Waals surface area contributed by atoms with E-state index in [1.807, 2.05) is 20.8 Å². The summed E-state index contributed by atoms with van der Waals surface area (Å²) in [4.78, 5) is 23.0. The van der Waals surface area contributed by atoms with Crippen molar-refractivity contribution in [3.05, 3.63) is 18.0 Å². The molecule has 0 saturated carbocycles. The molecule has 1 amide bonds. The van der Waals surface area contributed by atoms with Crippen molar-refractivity contribution in [2.45, 2.75) is 52.1 Å². The van der Waals surface area contributed by atoms with Crippen LogP contribution in [0.2, 0.25) is 0 Å². The number of hydrogen-bond donors (Lipinski definition) is 2. The predicted octanol–water partition coefficient (Wildman–Crippen LogP) is 1.84. The van der Waals surface area contributed by atoms with Crippen LogP contribution in [0.4, 0.5) is 0 Å². The van der Waals surface area contributed by atoms with Crippen molar-refractivity contribution in [2.75, 3.05) is 0 Å². The SMILES string of the molecule is CCCC[C@H](NC(=O)c1ccn(C(C)C)n1)C(=O)O. The number of nitrogens with one attached hydrogen (secondary N) is 1. The second-order valence-corrected chi connectivity index (χ2v) is 4.78. The van der Waals surface area contributed by atoms with E-state index in [4.69, 9.17) is 5.11 Å². The van der Waals surface area contributed by atoms with E-state index in [-0.39, 0.29) is 11.7 Å². The number of carboxylic acids is 1. The molecule has 1 aromatic rings. The molecule has 1 rings (SSSR count). The predicted molar refractivity (Wildman–Crippen MR) is 71.0 cm³/mol. The van der Waals surface area contributed by atoms with Crippen LogP contribution in [-0.4, -0.2) is 32.8 Å². The summed E-state index contributed by atoms with van der Waals surface area (Å²) in [6, 6.07) is 0.905. The van der Waals surface area contributed by atoms with Crippen LogP contribution in [0.15, 0.2) is 12.3 Å². The minimum Gasteiger partial charge on any atom is -0.480 e. The van der Waals surface area contributed by atoms with Gasteiger partial charge >= 0.3 is 5.97 Å². The molecule has 0 radical (unpaired) electrons. The Kier molecular flexibility index (Phi) is 5.54. The van der Waals surface area contributed by atoms with E-state index in [1.54, 1.807) is 16.9 Å². The average Bonchev–Trinajstić information content (AvgIpc) is 2.83. The van der Waals surface area contributed by atoms with Crippen LogP contribution in [0, 0.1) is 0 Å². The highest BCUT2D eigenvalue weighted by molar-refractivity contribution is 5.94. The standard InChI is InChI=1S/C13H21N3O3/c1-4-5-6-11(13(18)19)14-12(17)10-7-8-16(15-10)9(2)3/h7-9,11H,4-6H2,1-3H3,(H,14,17)(H,18,19)/t11-/m0/s1. The monoisotopic (exact) mass is 267 g/mol. The van der Waals surface area contributed by atoms with Crippen molar-refractivity contribution in [3.8, 4) is 0 Å². The van der Waals surface area contributed by atoms with Gasteiger partial charge in [0, 0.05) is 12.2 Å². The van der Waals surface area contributed by atoms with Gasteiger partial charge in [0.25, 0.3) is 5.91 Å². The number of amides is 1. The molecule has 0 spiro atoms. The van der Waals surface area contributed by atoms with Gasteiger partial charge in [-0.25, -0.2) is 4.79 Å². The molecule has 6 heteroatoms. The van der Waals surface area contributed by atoms with Crippen LogP contribution in [0.5, 0.6) is 0 Å². The third-order valence-electron chi connectivity index (χ3n) is 2.82. The van der Waals surface area contributed by atoms with Crippen molar-refractivity contribution < 1.29 is 14.7 Å². The fraction of sp³-hybridized carbons (Fsp3) is 0.615. The molecular formula is C13H21N3O3. The fourth-order valence-corrected chi connectivity index (χ4v) is 1.64. The molecule has 0 saturated heterocycles. The quantitative estimate of drug-likeness (QED) is 0.789. The van der Waals surface area contributed by atoms with E-state index in [0.717, 1.165) is 12.8 Å². The van der Waals surface area contributed by atoms with E-state index in [1.165, 1.54) is 0 Å². The maximum Gasteiger partial charge on any atom is 0.326 e. The molecule has 1 heterocycles. The molecule has 0 aliphatic carbocycles. The van der Waals surface area contributed by atoms with E-state index < -0.39 is 17.9 Å². The molecule has 0 bridgehead atoms. The number of unbranched alkanes of at least 4 members (excludes halogenated alkanes) is 1. The van der Waals surface area contributed by atoms with Crippen molar-refractivity contribution in [2.24, 2.45) is 0 Å². The van der Waals surface area contributed by atoms with Crippen molar-refractivity contribution in [1.82, 2.24) is 15.1 Å². The topological polar surface area (TPSA) is 84.2 Å². The fourth-order valence-electron chi connectivity index (χ4n) is 1.64. The zero-order valence-electron chi connectivity index (χ0n) is 11.6. The van der Waals surface area contributed by atoms with Gasteiger partial charge in [-0.2, -0.15) is 5.10 Å². The largest absolute Gasteiger partial charge is 0.480 e. The maximum atomic E-state index is 11.9. The summed E-state index contributed by atoms with van der Waals surface area (Å²) in [5, 5.41) is 15.7. The number of aliphatic carboxylic acids is 1. The Morgan fingerprint density at radius 3 is 2.63 bits per heavy atom.